The molecule has 118 valence electrons. The Hall–Kier alpha value is -1.09. The molecule has 2 aromatic rings. The summed E-state index contributed by atoms with van der Waals surface area (Å²) in [6.45, 7) is 3.26. The number of nitrogens with zero attached hydrogens (tertiary/aromatic N) is 3. The van der Waals surface area contributed by atoms with Gasteiger partial charge in [-0.2, -0.15) is 0 Å². The molecule has 0 spiro atoms. The summed E-state index contributed by atoms with van der Waals surface area (Å²) in [5.41, 5.74) is 0.452. The molecule has 1 aliphatic heterocycles. The molecule has 1 fully saturated rings. The molecule has 1 N–H and O–H groups in total. The highest BCUT2D eigenvalue weighted by Crippen LogP contribution is 2.30. The number of morpholine rings is 1. The van der Waals surface area contributed by atoms with E-state index < -0.39 is 0 Å². The SMILES string of the molecule is CN1CCOC(CNc2nnc(-c3cc(Br)ccc3F)s2)C1. The molecular formula is C14H16BrFN4OS. The van der Waals surface area contributed by atoms with Gasteiger partial charge in [-0.1, -0.05) is 27.3 Å². The number of rotatable bonds is 4. The van der Waals surface area contributed by atoms with Crippen LogP contribution in [0.4, 0.5) is 9.52 Å². The van der Waals surface area contributed by atoms with E-state index in [1.54, 1.807) is 12.1 Å². The normalized spacial score (nSPS) is 19.3. The van der Waals surface area contributed by atoms with Gasteiger partial charge in [0.25, 0.3) is 0 Å². The number of hydrogen-bond acceptors (Lipinski definition) is 6. The van der Waals surface area contributed by atoms with E-state index in [1.165, 1.54) is 17.4 Å². The fourth-order valence-corrected chi connectivity index (χ4v) is 3.39. The van der Waals surface area contributed by atoms with Crippen LogP contribution in [0.3, 0.4) is 0 Å². The van der Waals surface area contributed by atoms with Crippen molar-refractivity contribution in [3.63, 3.8) is 0 Å². The Morgan fingerprint density at radius 1 is 1.50 bits per heavy atom. The second kappa shape index (κ2) is 6.99. The predicted octanol–water partition coefficient (Wildman–Crippen LogP) is 2.85. The minimum atomic E-state index is -0.303. The molecular weight excluding hydrogens is 371 g/mol. The quantitative estimate of drug-likeness (QED) is 0.875. The van der Waals surface area contributed by atoms with Crippen molar-refractivity contribution in [2.75, 3.05) is 38.6 Å². The Labute approximate surface area is 140 Å². The molecule has 22 heavy (non-hydrogen) atoms. The first-order valence-corrected chi connectivity index (χ1v) is 8.56. The van der Waals surface area contributed by atoms with Crippen LogP contribution in [0.1, 0.15) is 0 Å². The van der Waals surface area contributed by atoms with Crippen molar-refractivity contribution in [3.8, 4) is 10.6 Å². The molecule has 2 heterocycles. The molecule has 1 aromatic heterocycles. The Balaban J connectivity index is 1.65. The van der Waals surface area contributed by atoms with Gasteiger partial charge in [0.1, 0.15) is 5.82 Å². The van der Waals surface area contributed by atoms with Crippen LogP contribution in [0.25, 0.3) is 10.6 Å². The van der Waals surface area contributed by atoms with Gasteiger partial charge in [0.2, 0.25) is 5.13 Å². The number of likely N-dealkylation sites (N-methyl/N-ethyl adjacent to an activating group) is 1. The van der Waals surface area contributed by atoms with Gasteiger partial charge in [0, 0.05) is 29.7 Å². The van der Waals surface area contributed by atoms with Crippen molar-refractivity contribution in [2.24, 2.45) is 0 Å². The van der Waals surface area contributed by atoms with E-state index in [2.05, 4.69) is 43.4 Å². The Morgan fingerprint density at radius 3 is 3.18 bits per heavy atom. The molecule has 8 heteroatoms. The van der Waals surface area contributed by atoms with Crippen molar-refractivity contribution < 1.29 is 9.13 Å². The zero-order chi connectivity index (χ0) is 15.5. The molecule has 1 aromatic carbocycles. The standard InChI is InChI=1S/C14H16BrFN4OS/c1-20-4-5-21-10(8-20)7-17-14-19-18-13(22-14)11-6-9(15)2-3-12(11)16/h2-3,6,10H,4-5,7-8H2,1H3,(H,17,19). The maximum Gasteiger partial charge on any atom is 0.206 e. The fourth-order valence-electron chi connectivity index (χ4n) is 2.26. The fraction of sp³-hybridized carbons (Fsp3) is 0.429. The van der Waals surface area contributed by atoms with Gasteiger partial charge in [-0.15, -0.1) is 10.2 Å². The number of nitrogens with one attached hydrogen (secondary N) is 1. The number of aromatic nitrogens is 2. The van der Waals surface area contributed by atoms with Crippen molar-refractivity contribution in [1.29, 1.82) is 0 Å². The molecule has 0 saturated carbocycles. The monoisotopic (exact) mass is 386 g/mol. The van der Waals surface area contributed by atoms with Crippen LogP contribution in [0.15, 0.2) is 22.7 Å². The summed E-state index contributed by atoms with van der Waals surface area (Å²) < 4.78 is 20.4. The molecule has 0 bridgehead atoms. The molecule has 1 atom stereocenters. The Kier molecular flexibility index (Phi) is 5.02. The lowest BCUT2D eigenvalue weighted by atomic mass is 10.2. The minimum Gasteiger partial charge on any atom is -0.374 e. The van der Waals surface area contributed by atoms with E-state index in [4.69, 9.17) is 4.74 Å². The molecule has 0 amide bonds. The van der Waals surface area contributed by atoms with Gasteiger partial charge in [0.05, 0.1) is 12.7 Å². The largest absolute Gasteiger partial charge is 0.374 e. The van der Waals surface area contributed by atoms with Gasteiger partial charge >= 0.3 is 0 Å². The van der Waals surface area contributed by atoms with Crippen LogP contribution >= 0.6 is 27.3 Å². The van der Waals surface area contributed by atoms with Gasteiger partial charge in [-0.3, -0.25) is 0 Å². The Bertz CT molecular complexity index is 654. The summed E-state index contributed by atoms with van der Waals surface area (Å²) in [6, 6.07) is 4.79. The highest BCUT2D eigenvalue weighted by molar-refractivity contribution is 9.10. The average molecular weight is 387 g/mol. The zero-order valence-electron chi connectivity index (χ0n) is 12.1. The summed E-state index contributed by atoms with van der Waals surface area (Å²) in [5, 5.41) is 12.6. The molecule has 5 nitrogen and oxygen atoms in total. The van der Waals surface area contributed by atoms with E-state index in [1.807, 2.05) is 0 Å². The smallest absolute Gasteiger partial charge is 0.206 e. The average Bonchev–Trinajstić information content (AvgIpc) is 2.96. The number of hydrogen-bond donors (Lipinski definition) is 1. The van der Waals surface area contributed by atoms with Crippen molar-refractivity contribution in [2.45, 2.75) is 6.10 Å². The number of benzene rings is 1. The van der Waals surface area contributed by atoms with E-state index in [9.17, 15) is 4.39 Å². The summed E-state index contributed by atoms with van der Waals surface area (Å²) >= 11 is 4.68. The summed E-state index contributed by atoms with van der Waals surface area (Å²) in [6.07, 6.45) is 0.133. The third-order valence-electron chi connectivity index (χ3n) is 3.41. The van der Waals surface area contributed by atoms with Gasteiger partial charge in [0.15, 0.2) is 5.01 Å². The molecule has 1 aliphatic rings. The highest BCUT2D eigenvalue weighted by atomic mass is 79.9. The lowest BCUT2D eigenvalue weighted by Gasteiger charge is -2.29. The second-order valence-corrected chi connectivity index (χ2v) is 7.07. The first-order chi connectivity index (χ1) is 10.6. The summed E-state index contributed by atoms with van der Waals surface area (Å²) in [4.78, 5) is 2.23. The van der Waals surface area contributed by atoms with E-state index >= 15 is 0 Å². The van der Waals surface area contributed by atoms with Gasteiger partial charge in [-0.25, -0.2) is 4.39 Å². The van der Waals surface area contributed by atoms with E-state index in [0.29, 0.717) is 22.2 Å². The molecule has 1 saturated heterocycles. The maximum absolute atomic E-state index is 13.9. The maximum atomic E-state index is 13.9. The van der Waals surface area contributed by atoms with Gasteiger partial charge in [-0.05, 0) is 25.2 Å². The van der Waals surface area contributed by atoms with Crippen LogP contribution in [-0.2, 0) is 4.74 Å². The Morgan fingerprint density at radius 2 is 2.36 bits per heavy atom. The first kappa shape index (κ1) is 15.8. The predicted molar refractivity (Wildman–Crippen MR) is 88.7 cm³/mol. The van der Waals surface area contributed by atoms with Crippen molar-refractivity contribution in [3.05, 3.63) is 28.5 Å². The number of ether oxygens (including phenoxy) is 1. The summed E-state index contributed by atoms with van der Waals surface area (Å²) in [5.74, 6) is -0.303. The number of anilines is 1. The number of halogens is 2. The minimum absolute atomic E-state index is 0.133. The third-order valence-corrected chi connectivity index (χ3v) is 4.81. The van der Waals surface area contributed by atoms with Crippen LogP contribution in [0.2, 0.25) is 0 Å². The second-order valence-electron chi connectivity index (χ2n) is 5.17. The van der Waals surface area contributed by atoms with Crippen molar-refractivity contribution in [1.82, 2.24) is 15.1 Å². The zero-order valence-corrected chi connectivity index (χ0v) is 14.5. The molecule has 0 aliphatic carbocycles. The third kappa shape index (κ3) is 3.81. The lowest BCUT2D eigenvalue weighted by molar-refractivity contribution is -0.0117. The van der Waals surface area contributed by atoms with E-state index in [0.717, 1.165) is 24.2 Å². The van der Waals surface area contributed by atoms with Gasteiger partial charge < -0.3 is 15.0 Å². The summed E-state index contributed by atoms with van der Waals surface area (Å²) in [7, 11) is 2.08. The van der Waals surface area contributed by atoms with Crippen molar-refractivity contribution >= 4 is 32.4 Å². The topological polar surface area (TPSA) is 50.3 Å². The van der Waals surface area contributed by atoms with Crippen LogP contribution < -0.4 is 5.32 Å². The van der Waals surface area contributed by atoms with E-state index in [-0.39, 0.29) is 11.9 Å². The first-order valence-electron chi connectivity index (χ1n) is 6.95. The lowest BCUT2D eigenvalue weighted by Crippen LogP contribution is -2.43. The molecule has 3 rings (SSSR count). The highest BCUT2D eigenvalue weighted by Gasteiger charge is 2.18. The molecule has 1 unspecified atom stereocenters. The van der Waals surface area contributed by atoms with Crippen LogP contribution in [-0.4, -0.2) is 54.5 Å². The molecule has 0 radical (unpaired) electrons. The van der Waals surface area contributed by atoms with Crippen LogP contribution in [0, 0.1) is 5.82 Å². The van der Waals surface area contributed by atoms with Crippen LogP contribution in [0.5, 0.6) is 0 Å².